The summed E-state index contributed by atoms with van der Waals surface area (Å²) in [5, 5.41) is 5.37. The van der Waals surface area contributed by atoms with E-state index in [0.717, 1.165) is 54.2 Å². The van der Waals surface area contributed by atoms with Gasteiger partial charge in [-0.05, 0) is 74.0 Å². The van der Waals surface area contributed by atoms with Crippen LogP contribution in [0.15, 0.2) is 35.8 Å². The monoisotopic (exact) mass is 410 g/mol. The van der Waals surface area contributed by atoms with E-state index in [9.17, 15) is 4.79 Å². The highest BCUT2D eigenvalue weighted by atomic mass is 32.1. The number of carbonyl (C=O) groups is 1. The van der Waals surface area contributed by atoms with Crippen molar-refractivity contribution in [2.75, 3.05) is 25.0 Å². The van der Waals surface area contributed by atoms with Crippen LogP contribution in [0.2, 0.25) is 0 Å². The van der Waals surface area contributed by atoms with Crippen molar-refractivity contribution in [1.29, 1.82) is 0 Å². The molecule has 0 aliphatic carbocycles. The van der Waals surface area contributed by atoms with Gasteiger partial charge in [0.15, 0.2) is 5.78 Å². The Balaban J connectivity index is 1.55. The lowest BCUT2D eigenvalue weighted by Crippen LogP contribution is -2.32. The van der Waals surface area contributed by atoms with Gasteiger partial charge in [-0.2, -0.15) is 0 Å². The number of thiophene rings is 1. The third-order valence-corrected chi connectivity index (χ3v) is 6.89. The molecule has 0 amide bonds. The van der Waals surface area contributed by atoms with E-state index in [2.05, 4.69) is 41.3 Å². The Morgan fingerprint density at radius 2 is 2.14 bits per heavy atom. The third kappa shape index (κ3) is 4.38. The van der Waals surface area contributed by atoms with Crippen LogP contribution in [0.4, 0.5) is 5.82 Å². The second-order valence-corrected chi connectivity index (χ2v) is 8.82. The molecule has 0 radical (unpaired) electrons. The maximum absolute atomic E-state index is 12.9. The number of rotatable bonds is 8. The Morgan fingerprint density at radius 1 is 1.31 bits per heavy atom. The van der Waals surface area contributed by atoms with Gasteiger partial charge in [-0.25, -0.2) is 4.98 Å². The summed E-state index contributed by atoms with van der Waals surface area (Å²) in [6.45, 7) is 7.78. The molecule has 1 unspecified atom stereocenters. The van der Waals surface area contributed by atoms with Crippen LogP contribution in [0.3, 0.4) is 0 Å². The SMILES string of the molecule is CCCC(Nc1ccc2[nH]cc(C3CCN(CC)CC3)c2n1)C(=O)c1cccs1. The van der Waals surface area contributed by atoms with Crippen LogP contribution in [0.25, 0.3) is 11.0 Å². The fourth-order valence-electron chi connectivity index (χ4n) is 4.30. The van der Waals surface area contributed by atoms with Crippen LogP contribution in [0, 0.1) is 0 Å². The Kier molecular flexibility index (Phi) is 6.31. The molecular formula is C23H30N4OS. The fraction of sp³-hybridized carbons (Fsp3) is 0.478. The number of aromatic nitrogens is 2. The van der Waals surface area contributed by atoms with Crippen LogP contribution in [-0.2, 0) is 0 Å². The number of nitrogens with zero attached hydrogens (tertiary/aromatic N) is 2. The van der Waals surface area contributed by atoms with E-state index in [1.807, 2.05) is 23.6 Å². The predicted molar refractivity (Wildman–Crippen MR) is 121 cm³/mol. The van der Waals surface area contributed by atoms with Crippen molar-refractivity contribution in [2.24, 2.45) is 0 Å². The number of H-pyrrole nitrogens is 1. The predicted octanol–water partition coefficient (Wildman–Crippen LogP) is 5.29. The molecule has 1 atom stereocenters. The highest BCUT2D eigenvalue weighted by Crippen LogP contribution is 2.33. The van der Waals surface area contributed by atoms with Gasteiger partial charge in [0.1, 0.15) is 5.82 Å². The van der Waals surface area contributed by atoms with Crippen molar-refractivity contribution in [3.05, 3.63) is 46.3 Å². The summed E-state index contributed by atoms with van der Waals surface area (Å²) >= 11 is 1.50. The minimum Gasteiger partial charge on any atom is -0.360 e. The Bertz CT molecular complexity index is 941. The molecule has 3 aromatic rings. The van der Waals surface area contributed by atoms with Gasteiger partial charge in [0.05, 0.1) is 22.0 Å². The number of hydrogen-bond donors (Lipinski definition) is 2. The van der Waals surface area contributed by atoms with Gasteiger partial charge in [0, 0.05) is 6.20 Å². The van der Waals surface area contributed by atoms with E-state index in [-0.39, 0.29) is 11.8 Å². The summed E-state index contributed by atoms with van der Waals surface area (Å²) in [6.07, 6.45) is 6.23. The molecular weight excluding hydrogens is 380 g/mol. The molecule has 1 fully saturated rings. The molecule has 1 aliphatic rings. The van der Waals surface area contributed by atoms with E-state index < -0.39 is 0 Å². The molecule has 154 valence electrons. The van der Waals surface area contributed by atoms with Crippen molar-refractivity contribution in [3.8, 4) is 0 Å². The van der Waals surface area contributed by atoms with Crippen molar-refractivity contribution in [3.63, 3.8) is 0 Å². The number of carbonyl (C=O) groups excluding carboxylic acids is 1. The van der Waals surface area contributed by atoms with E-state index >= 15 is 0 Å². The number of Topliss-reactive ketones (excluding diaryl/α,β-unsaturated/α-hetero) is 1. The maximum atomic E-state index is 12.9. The van der Waals surface area contributed by atoms with Crippen molar-refractivity contribution in [2.45, 2.75) is 51.5 Å². The van der Waals surface area contributed by atoms with Crippen LogP contribution < -0.4 is 5.32 Å². The van der Waals surface area contributed by atoms with Crippen molar-refractivity contribution in [1.82, 2.24) is 14.9 Å². The lowest BCUT2D eigenvalue weighted by Gasteiger charge is -2.30. The molecule has 6 heteroatoms. The topological polar surface area (TPSA) is 61.0 Å². The summed E-state index contributed by atoms with van der Waals surface area (Å²) < 4.78 is 0. The zero-order valence-corrected chi connectivity index (χ0v) is 18.1. The van der Waals surface area contributed by atoms with Gasteiger partial charge >= 0.3 is 0 Å². The summed E-state index contributed by atoms with van der Waals surface area (Å²) in [4.78, 5) is 24.5. The largest absolute Gasteiger partial charge is 0.360 e. The van der Waals surface area contributed by atoms with E-state index in [1.165, 1.54) is 29.7 Å². The molecule has 29 heavy (non-hydrogen) atoms. The number of aromatic amines is 1. The molecule has 0 saturated carbocycles. The Morgan fingerprint density at radius 3 is 2.83 bits per heavy atom. The summed E-state index contributed by atoms with van der Waals surface area (Å²) in [5.41, 5.74) is 3.43. The van der Waals surface area contributed by atoms with E-state index in [4.69, 9.17) is 4.98 Å². The molecule has 4 rings (SSSR count). The number of ketones is 1. The van der Waals surface area contributed by atoms with Crippen molar-refractivity contribution < 1.29 is 4.79 Å². The first-order chi connectivity index (χ1) is 14.2. The number of likely N-dealkylation sites (tertiary alicyclic amines) is 1. The van der Waals surface area contributed by atoms with Gasteiger partial charge in [0.25, 0.3) is 0 Å². The summed E-state index contributed by atoms with van der Waals surface area (Å²) in [6, 6.07) is 7.65. The molecule has 2 N–H and O–H groups in total. The molecule has 0 aromatic carbocycles. The van der Waals surface area contributed by atoms with Gasteiger partial charge in [-0.1, -0.05) is 26.3 Å². The normalized spacial score (nSPS) is 16.9. The van der Waals surface area contributed by atoms with Gasteiger partial charge in [-0.15, -0.1) is 11.3 Å². The van der Waals surface area contributed by atoms with Crippen LogP contribution in [0.5, 0.6) is 0 Å². The second-order valence-electron chi connectivity index (χ2n) is 7.87. The quantitative estimate of drug-likeness (QED) is 0.496. The minimum absolute atomic E-state index is 0.157. The number of nitrogens with one attached hydrogen (secondary N) is 2. The molecule has 1 saturated heterocycles. The van der Waals surface area contributed by atoms with Crippen LogP contribution >= 0.6 is 11.3 Å². The zero-order valence-electron chi connectivity index (χ0n) is 17.3. The molecule has 3 aromatic heterocycles. The highest BCUT2D eigenvalue weighted by molar-refractivity contribution is 7.12. The van der Waals surface area contributed by atoms with Gasteiger partial charge in [0.2, 0.25) is 0 Å². The maximum Gasteiger partial charge on any atom is 0.194 e. The number of pyridine rings is 1. The Labute approximate surface area is 176 Å². The zero-order chi connectivity index (χ0) is 20.2. The highest BCUT2D eigenvalue weighted by Gasteiger charge is 2.24. The Hall–Kier alpha value is -2.18. The van der Waals surface area contributed by atoms with E-state index in [0.29, 0.717) is 5.92 Å². The van der Waals surface area contributed by atoms with Crippen LogP contribution in [0.1, 0.15) is 60.7 Å². The average molecular weight is 411 g/mol. The van der Waals surface area contributed by atoms with Gasteiger partial charge < -0.3 is 15.2 Å². The average Bonchev–Trinajstić information content (AvgIpc) is 3.43. The fourth-order valence-corrected chi connectivity index (χ4v) is 5.02. The summed E-state index contributed by atoms with van der Waals surface area (Å²) in [7, 11) is 0. The standard InChI is InChI=1S/C23H30N4OS/c1-3-6-19(23(28)20-7-5-14-29-20)25-21-9-8-18-22(26-21)17(15-24-18)16-10-12-27(4-2)13-11-16/h5,7-9,14-16,19,24H,3-4,6,10-13H2,1-2H3,(H,25,26). The smallest absolute Gasteiger partial charge is 0.194 e. The van der Waals surface area contributed by atoms with Crippen molar-refractivity contribution >= 4 is 34.0 Å². The third-order valence-electron chi connectivity index (χ3n) is 6.01. The molecule has 1 aliphatic heterocycles. The van der Waals surface area contributed by atoms with Crippen LogP contribution in [-0.4, -0.2) is 46.3 Å². The molecule has 4 heterocycles. The minimum atomic E-state index is -0.237. The van der Waals surface area contributed by atoms with Gasteiger partial charge in [-0.3, -0.25) is 4.79 Å². The molecule has 0 bridgehead atoms. The molecule has 5 nitrogen and oxygen atoms in total. The lowest BCUT2D eigenvalue weighted by molar-refractivity contribution is 0.0969. The lowest BCUT2D eigenvalue weighted by atomic mass is 9.90. The first-order valence-corrected chi connectivity index (χ1v) is 11.6. The first kappa shape index (κ1) is 20.1. The number of anilines is 1. The number of fused-ring (bicyclic) bond motifs is 1. The summed E-state index contributed by atoms with van der Waals surface area (Å²) in [5.74, 6) is 1.49. The first-order valence-electron chi connectivity index (χ1n) is 10.7. The number of hydrogen-bond acceptors (Lipinski definition) is 5. The van der Waals surface area contributed by atoms with E-state index in [1.54, 1.807) is 0 Å². The molecule has 0 spiro atoms. The number of piperidine rings is 1. The second kappa shape index (κ2) is 9.09.